The molecular weight excluding hydrogens is 243 g/mol. The first-order chi connectivity index (χ1) is 9.19. The third-order valence-electron chi connectivity index (χ3n) is 3.13. The third-order valence-corrected chi connectivity index (χ3v) is 3.13. The maximum absolute atomic E-state index is 13.3. The van der Waals surface area contributed by atoms with Gasteiger partial charge in [0.15, 0.2) is 5.82 Å². The van der Waals surface area contributed by atoms with Crippen molar-refractivity contribution in [1.82, 2.24) is 14.5 Å². The summed E-state index contributed by atoms with van der Waals surface area (Å²) in [5, 5.41) is 0. The zero-order valence-electron chi connectivity index (χ0n) is 10.5. The van der Waals surface area contributed by atoms with E-state index in [1.165, 1.54) is 12.1 Å². The maximum Gasteiger partial charge on any atom is 0.159 e. The Balaban J connectivity index is 2.16. The topological polar surface area (TPSA) is 56.7 Å². The summed E-state index contributed by atoms with van der Waals surface area (Å²) in [4.78, 5) is 8.82. The SMILES string of the molecule is Cn1c(-c2ccc(CN)cn2)nc2ccc(F)cc21. The Morgan fingerprint density at radius 3 is 2.79 bits per heavy atom. The van der Waals surface area contributed by atoms with Crippen LogP contribution in [-0.2, 0) is 13.6 Å². The first kappa shape index (κ1) is 11.8. The fourth-order valence-electron chi connectivity index (χ4n) is 2.07. The zero-order valence-corrected chi connectivity index (χ0v) is 10.5. The molecule has 0 bridgehead atoms. The Labute approximate surface area is 109 Å². The lowest BCUT2D eigenvalue weighted by atomic mass is 10.2. The Morgan fingerprint density at radius 2 is 2.11 bits per heavy atom. The van der Waals surface area contributed by atoms with E-state index in [-0.39, 0.29) is 5.82 Å². The van der Waals surface area contributed by atoms with Crippen molar-refractivity contribution in [3.8, 4) is 11.5 Å². The molecule has 3 aromatic rings. The summed E-state index contributed by atoms with van der Waals surface area (Å²) in [7, 11) is 1.85. The molecule has 0 amide bonds. The molecule has 96 valence electrons. The standard InChI is InChI=1S/C14H13FN4/c1-19-13-6-10(15)3-5-11(13)18-14(19)12-4-2-9(7-16)8-17-12/h2-6,8H,7,16H2,1H3. The molecule has 0 aliphatic rings. The number of aromatic nitrogens is 3. The summed E-state index contributed by atoms with van der Waals surface area (Å²) < 4.78 is 15.1. The van der Waals surface area contributed by atoms with Crippen LogP contribution < -0.4 is 5.73 Å². The van der Waals surface area contributed by atoms with Gasteiger partial charge in [-0.05, 0) is 29.8 Å². The minimum atomic E-state index is -0.270. The Bertz CT molecular complexity index is 731. The number of pyridine rings is 1. The van der Waals surface area contributed by atoms with Crippen molar-refractivity contribution in [1.29, 1.82) is 0 Å². The quantitative estimate of drug-likeness (QED) is 0.765. The largest absolute Gasteiger partial charge is 0.326 e. The highest BCUT2D eigenvalue weighted by Gasteiger charge is 2.11. The molecule has 0 saturated heterocycles. The van der Waals surface area contributed by atoms with Gasteiger partial charge in [0.2, 0.25) is 0 Å². The molecule has 19 heavy (non-hydrogen) atoms. The van der Waals surface area contributed by atoms with Gasteiger partial charge in [0.05, 0.1) is 11.0 Å². The number of benzene rings is 1. The Kier molecular flexibility index (Phi) is 2.76. The monoisotopic (exact) mass is 256 g/mol. The van der Waals surface area contributed by atoms with Crippen molar-refractivity contribution in [2.45, 2.75) is 6.54 Å². The van der Waals surface area contributed by atoms with Crippen molar-refractivity contribution in [2.24, 2.45) is 12.8 Å². The average Bonchev–Trinajstić information content (AvgIpc) is 2.76. The van der Waals surface area contributed by atoms with E-state index in [1.54, 1.807) is 12.3 Å². The van der Waals surface area contributed by atoms with Crippen LogP contribution in [0, 0.1) is 5.82 Å². The molecule has 0 radical (unpaired) electrons. The van der Waals surface area contributed by atoms with Gasteiger partial charge in [-0.2, -0.15) is 0 Å². The number of nitrogens with zero attached hydrogens (tertiary/aromatic N) is 3. The van der Waals surface area contributed by atoms with Crippen LogP contribution in [0.1, 0.15) is 5.56 Å². The second-order valence-electron chi connectivity index (χ2n) is 4.38. The van der Waals surface area contributed by atoms with Crippen molar-refractivity contribution < 1.29 is 4.39 Å². The number of nitrogens with two attached hydrogens (primary N) is 1. The van der Waals surface area contributed by atoms with E-state index in [1.807, 2.05) is 23.7 Å². The van der Waals surface area contributed by atoms with Gasteiger partial charge in [-0.15, -0.1) is 0 Å². The highest BCUT2D eigenvalue weighted by atomic mass is 19.1. The highest BCUT2D eigenvalue weighted by molar-refractivity contribution is 5.79. The molecular formula is C14H13FN4. The summed E-state index contributed by atoms with van der Waals surface area (Å²) >= 11 is 0. The minimum absolute atomic E-state index is 0.270. The van der Waals surface area contributed by atoms with Crippen molar-refractivity contribution >= 4 is 11.0 Å². The van der Waals surface area contributed by atoms with E-state index in [4.69, 9.17) is 5.73 Å². The van der Waals surface area contributed by atoms with Gasteiger partial charge in [-0.25, -0.2) is 9.37 Å². The lowest BCUT2D eigenvalue weighted by molar-refractivity contribution is 0.629. The predicted molar refractivity (Wildman–Crippen MR) is 71.8 cm³/mol. The molecule has 2 heterocycles. The Hall–Kier alpha value is -2.27. The molecule has 4 nitrogen and oxygen atoms in total. The summed E-state index contributed by atoms with van der Waals surface area (Å²) in [5.41, 5.74) is 8.76. The van der Waals surface area contributed by atoms with Crippen molar-refractivity contribution in [3.05, 3.63) is 47.9 Å². The van der Waals surface area contributed by atoms with Gasteiger partial charge in [-0.3, -0.25) is 4.98 Å². The minimum Gasteiger partial charge on any atom is -0.326 e. The predicted octanol–water partition coefficient (Wildman–Crippen LogP) is 2.23. The molecule has 5 heteroatoms. The first-order valence-electron chi connectivity index (χ1n) is 5.96. The smallest absolute Gasteiger partial charge is 0.159 e. The van der Waals surface area contributed by atoms with Crippen LogP contribution in [0.4, 0.5) is 4.39 Å². The number of aryl methyl sites for hydroxylation is 1. The molecule has 0 aliphatic carbocycles. The van der Waals surface area contributed by atoms with Crippen LogP contribution in [0.25, 0.3) is 22.6 Å². The fraction of sp³-hybridized carbons (Fsp3) is 0.143. The summed E-state index contributed by atoms with van der Waals surface area (Å²) in [6.07, 6.45) is 1.73. The molecule has 0 fully saturated rings. The van der Waals surface area contributed by atoms with Crippen LogP contribution in [0.2, 0.25) is 0 Å². The van der Waals surface area contributed by atoms with Crippen LogP contribution in [0.5, 0.6) is 0 Å². The molecule has 3 rings (SSSR count). The van der Waals surface area contributed by atoms with Crippen LogP contribution in [-0.4, -0.2) is 14.5 Å². The van der Waals surface area contributed by atoms with E-state index >= 15 is 0 Å². The van der Waals surface area contributed by atoms with E-state index < -0.39 is 0 Å². The second-order valence-corrected chi connectivity index (χ2v) is 4.38. The lowest BCUT2D eigenvalue weighted by Crippen LogP contribution is -1.99. The number of fused-ring (bicyclic) bond motifs is 1. The van der Waals surface area contributed by atoms with Crippen LogP contribution >= 0.6 is 0 Å². The molecule has 0 aliphatic heterocycles. The van der Waals surface area contributed by atoms with E-state index in [9.17, 15) is 4.39 Å². The molecule has 0 saturated carbocycles. The first-order valence-corrected chi connectivity index (χ1v) is 5.96. The summed E-state index contributed by atoms with van der Waals surface area (Å²) in [5.74, 6) is 0.442. The second kappa shape index (κ2) is 4.44. The van der Waals surface area contributed by atoms with E-state index in [2.05, 4.69) is 9.97 Å². The highest BCUT2D eigenvalue weighted by Crippen LogP contribution is 2.22. The van der Waals surface area contributed by atoms with Crippen LogP contribution in [0.3, 0.4) is 0 Å². The number of hydrogen-bond acceptors (Lipinski definition) is 3. The van der Waals surface area contributed by atoms with Crippen molar-refractivity contribution in [2.75, 3.05) is 0 Å². The van der Waals surface area contributed by atoms with Crippen molar-refractivity contribution in [3.63, 3.8) is 0 Å². The molecule has 2 N–H and O–H groups in total. The average molecular weight is 256 g/mol. The maximum atomic E-state index is 13.3. The van der Waals surface area contributed by atoms with Gasteiger partial charge in [0.25, 0.3) is 0 Å². The Morgan fingerprint density at radius 1 is 1.26 bits per heavy atom. The number of rotatable bonds is 2. The zero-order chi connectivity index (χ0) is 13.4. The molecule has 2 aromatic heterocycles. The summed E-state index contributed by atoms with van der Waals surface area (Å²) in [6.45, 7) is 0.459. The molecule has 0 unspecified atom stereocenters. The lowest BCUT2D eigenvalue weighted by Gasteiger charge is -2.02. The molecule has 0 spiro atoms. The van der Waals surface area contributed by atoms with E-state index in [0.29, 0.717) is 12.4 Å². The fourth-order valence-corrected chi connectivity index (χ4v) is 2.07. The molecule has 0 atom stereocenters. The molecule has 1 aromatic carbocycles. The third kappa shape index (κ3) is 1.98. The number of imidazole rings is 1. The number of halogens is 1. The normalized spacial score (nSPS) is 11.1. The van der Waals surface area contributed by atoms with Gasteiger partial charge < -0.3 is 10.3 Å². The van der Waals surface area contributed by atoms with Gasteiger partial charge in [0, 0.05) is 19.8 Å². The summed E-state index contributed by atoms with van der Waals surface area (Å²) in [6, 6.07) is 8.34. The van der Waals surface area contributed by atoms with Gasteiger partial charge in [0.1, 0.15) is 11.5 Å². The van der Waals surface area contributed by atoms with Gasteiger partial charge in [-0.1, -0.05) is 6.07 Å². The van der Waals surface area contributed by atoms with E-state index in [0.717, 1.165) is 22.3 Å². The van der Waals surface area contributed by atoms with Gasteiger partial charge >= 0.3 is 0 Å². The number of hydrogen-bond donors (Lipinski definition) is 1. The van der Waals surface area contributed by atoms with Crippen LogP contribution in [0.15, 0.2) is 36.5 Å².